The molecule has 1 aliphatic rings. The first-order valence-corrected chi connectivity index (χ1v) is 8.89. The lowest BCUT2D eigenvalue weighted by molar-refractivity contribution is 0.442. The predicted octanol–water partition coefficient (Wildman–Crippen LogP) is 4.52. The molecule has 4 heteroatoms. The minimum Gasteiger partial charge on any atom is -0.370 e. The van der Waals surface area contributed by atoms with Crippen LogP contribution in [0.3, 0.4) is 0 Å². The summed E-state index contributed by atoms with van der Waals surface area (Å²) in [5.74, 6) is 1.14. The molecule has 0 aromatic heterocycles. The Bertz CT molecular complexity index is 373. The molecule has 0 saturated heterocycles. The standard InChI is InChI=1S/C18H34N4/c1-15(2)20-16(3)21-18(19)22-17-13-11-9-7-5-4-6-8-10-12-14-17/h17H,1,4-14H2,2-3H3,(H3,19,20,21,22). The molecule has 1 aliphatic carbocycles. The molecular weight excluding hydrogens is 272 g/mol. The molecule has 1 fully saturated rings. The molecule has 0 radical (unpaired) electrons. The molecule has 1 saturated carbocycles. The average molecular weight is 306 g/mol. The first-order chi connectivity index (χ1) is 10.6. The second-order valence-corrected chi connectivity index (χ2v) is 6.49. The third-order valence-electron chi connectivity index (χ3n) is 4.09. The SMILES string of the molecule is C=C(C)/N=C(C)\N=C(/N)NC1CCCCCCCCCCC1. The molecule has 22 heavy (non-hydrogen) atoms. The van der Waals surface area contributed by atoms with Crippen LogP contribution in [0.5, 0.6) is 0 Å². The zero-order valence-electron chi connectivity index (χ0n) is 14.5. The highest BCUT2D eigenvalue weighted by molar-refractivity contribution is 5.94. The summed E-state index contributed by atoms with van der Waals surface area (Å²) < 4.78 is 0. The van der Waals surface area contributed by atoms with Gasteiger partial charge < -0.3 is 11.1 Å². The number of nitrogens with two attached hydrogens (primary N) is 1. The van der Waals surface area contributed by atoms with Crippen molar-refractivity contribution in [1.29, 1.82) is 0 Å². The molecule has 4 nitrogen and oxygen atoms in total. The molecule has 0 heterocycles. The van der Waals surface area contributed by atoms with Crippen LogP contribution < -0.4 is 11.1 Å². The Labute approximate surface area is 136 Å². The van der Waals surface area contributed by atoms with Gasteiger partial charge in [0, 0.05) is 11.7 Å². The minimum absolute atomic E-state index is 0.445. The van der Waals surface area contributed by atoms with Gasteiger partial charge in [-0.2, -0.15) is 0 Å². The second-order valence-electron chi connectivity index (χ2n) is 6.49. The van der Waals surface area contributed by atoms with Crippen molar-refractivity contribution in [3.8, 4) is 0 Å². The molecule has 0 atom stereocenters. The van der Waals surface area contributed by atoms with Gasteiger partial charge in [0.2, 0.25) is 0 Å². The maximum Gasteiger partial charge on any atom is 0.195 e. The largest absolute Gasteiger partial charge is 0.370 e. The first kappa shape index (κ1) is 18.7. The fourth-order valence-electron chi connectivity index (χ4n) is 3.02. The average Bonchev–Trinajstić information content (AvgIpc) is 2.40. The van der Waals surface area contributed by atoms with Crippen LogP contribution in [0.2, 0.25) is 0 Å². The number of nitrogens with zero attached hydrogens (tertiary/aromatic N) is 2. The maximum atomic E-state index is 6.03. The zero-order valence-corrected chi connectivity index (χ0v) is 14.5. The topological polar surface area (TPSA) is 62.8 Å². The van der Waals surface area contributed by atoms with E-state index in [1.54, 1.807) is 0 Å². The normalized spacial score (nSPS) is 20.8. The van der Waals surface area contributed by atoms with Gasteiger partial charge in [-0.3, -0.25) is 0 Å². The quantitative estimate of drug-likeness (QED) is 0.582. The number of guanidine groups is 1. The number of amidine groups is 1. The zero-order chi connectivity index (χ0) is 16.2. The lowest BCUT2D eigenvalue weighted by atomic mass is 9.98. The van der Waals surface area contributed by atoms with E-state index in [2.05, 4.69) is 21.9 Å². The smallest absolute Gasteiger partial charge is 0.195 e. The van der Waals surface area contributed by atoms with Gasteiger partial charge in [-0.05, 0) is 26.7 Å². The van der Waals surface area contributed by atoms with Gasteiger partial charge in [-0.15, -0.1) is 0 Å². The molecule has 3 N–H and O–H groups in total. The Kier molecular flexibility index (Phi) is 9.60. The molecule has 126 valence electrons. The Balaban J connectivity index is 2.50. The van der Waals surface area contributed by atoms with E-state index >= 15 is 0 Å². The lowest BCUT2D eigenvalue weighted by Crippen LogP contribution is -2.40. The van der Waals surface area contributed by atoms with Crippen molar-refractivity contribution < 1.29 is 0 Å². The molecule has 0 amide bonds. The lowest BCUT2D eigenvalue weighted by Gasteiger charge is -2.20. The number of nitrogens with one attached hydrogen (secondary N) is 1. The van der Waals surface area contributed by atoms with E-state index in [0.717, 1.165) is 5.70 Å². The van der Waals surface area contributed by atoms with Crippen LogP contribution in [0, 0.1) is 0 Å². The summed E-state index contributed by atoms with van der Waals surface area (Å²) in [7, 11) is 0. The van der Waals surface area contributed by atoms with Crippen molar-refractivity contribution in [2.45, 2.75) is 90.5 Å². The molecule has 1 rings (SSSR count). The van der Waals surface area contributed by atoms with Gasteiger partial charge in [-0.1, -0.05) is 64.4 Å². The Morgan fingerprint density at radius 2 is 1.32 bits per heavy atom. The number of hydrogen-bond acceptors (Lipinski definition) is 1. The summed E-state index contributed by atoms with van der Waals surface area (Å²) in [6.45, 7) is 7.47. The van der Waals surface area contributed by atoms with E-state index in [1.165, 1.54) is 70.6 Å². The van der Waals surface area contributed by atoms with Crippen molar-refractivity contribution in [2.75, 3.05) is 0 Å². The van der Waals surface area contributed by atoms with Crippen molar-refractivity contribution in [3.05, 3.63) is 12.3 Å². The first-order valence-electron chi connectivity index (χ1n) is 8.89. The third-order valence-corrected chi connectivity index (χ3v) is 4.09. The summed E-state index contributed by atoms with van der Waals surface area (Å²) in [6, 6.07) is 0.445. The van der Waals surface area contributed by atoms with Crippen LogP contribution in [-0.4, -0.2) is 17.8 Å². The minimum atomic E-state index is 0.445. The predicted molar refractivity (Wildman–Crippen MR) is 97.3 cm³/mol. The number of rotatable bonds is 2. The highest BCUT2D eigenvalue weighted by Gasteiger charge is 2.10. The van der Waals surface area contributed by atoms with Gasteiger partial charge in [0.25, 0.3) is 0 Å². The molecule has 0 aliphatic heterocycles. The van der Waals surface area contributed by atoms with E-state index in [0.29, 0.717) is 17.8 Å². The monoisotopic (exact) mass is 306 g/mol. The Morgan fingerprint density at radius 1 is 0.864 bits per heavy atom. The van der Waals surface area contributed by atoms with Gasteiger partial charge >= 0.3 is 0 Å². The number of hydrogen-bond donors (Lipinski definition) is 2. The van der Waals surface area contributed by atoms with Gasteiger partial charge in [-0.25, -0.2) is 9.98 Å². The molecule has 0 bridgehead atoms. The molecular formula is C18H34N4. The van der Waals surface area contributed by atoms with Crippen molar-refractivity contribution >= 4 is 11.8 Å². The van der Waals surface area contributed by atoms with E-state index in [4.69, 9.17) is 5.73 Å². The van der Waals surface area contributed by atoms with E-state index in [9.17, 15) is 0 Å². The fourth-order valence-corrected chi connectivity index (χ4v) is 3.02. The van der Waals surface area contributed by atoms with E-state index < -0.39 is 0 Å². The van der Waals surface area contributed by atoms with Gasteiger partial charge in [0.1, 0.15) is 5.84 Å². The van der Waals surface area contributed by atoms with Crippen LogP contribution in [0.1, 0.15) is 84.5 Å². The molecule has 0 aromatic carbocycles. The number of aliphatic imine (C=N–C) groups is 2. The van der Waals surface area contributed by atoms with E-state index in [-0.39, 0.29) is 0 Å². The Morgan fingerprint density at radius 3 is 1.77 bits per heavy atom. The molecule has 0 aromatic rings. The second kappa shape index (κ2) is 11.3. The van der Waals surface area contributed by atoms with Crippen LogP contribution in [0.15, 0.2) is 22.3 Å². The van der Waals surface area contributed by atoms with Gasteiger partial charge in [0.05, 0.1) is 0 Å². The molecule has 0 unspecified atom stereocenters. The summed E-state index contributed by atoms with van der Waals surface area (Å²) in [5, 5.41) is 3.39. The summed E-state index contributed by atoms with van der Waals surface area (Å²) in [6.07, 6.45) is 14.6. The van der Waals surface area contributed by atoms with Gasteiger partial charge in [0.15, 0.2) is 5.96 Å². The van der Waals surface area contributed by atoms with Crippen LogP contribution in [-0.2, 0) is 0 Å². The van der Waals surface area contributed by atoms with Crippen molar-refractivity contribution in [1.82, 2.24) is 5.32 Å². The summed E-state index contributed by atoms with van der Waals surface area (Å²) in [5.41, 5.74) is 6.78. The number of allylic oxidation sites excluding steroid dienone is 1. The van der Waals surface area contributed by atoms with Crippen LogP contribution >= 0.6 is 0 Å². The highest BCUT2D eigenvalue weighted by atomic mass is 15.1. The fraction of sp³-hybridized carbons (Fsp3) is 0.778. The van der Waals surface area contributed by atoms with E-state index in [1.807, 2.05) is 13.8 Å². The summed E-state index contributed by atoms with van der Waals surface area (Å²) in [4.78, 5) is 8.52. The summed E-state index contributed by atoms with van der Waals surface area (Å²) >= 11 is 0. The van der Waals surface area contributed by atoms with Crippen LogP contribution in [0.4, 0.5) is 0 Å². The third kappa shape index (κ3) is 9.59. The maximum absolute atomic E-state index is 6.03. The van der Waals surface area contributed by atoms with Crippen molar-refractivity contribution in [2.24, 2.45) is 15.7 Å². The van der Waals surface area contributed by atoms with Crippen LogP contribution in [0.25, 0.3) is 0 Å². The Hall–Kier alpha value is -1.32. The highest BCUT2D eigenvalue weighted by Crippen LogP contribution is 2.16. The molecule has 0 spiro atoms. The van der Waals surface area contributed by atoms with Crippen molar-refractivity contribution in [3.63, 3.8) is 0 Å².